The molecule has 0 bridgehead atoms. The Hall–Kier alpha value is -2.29. The highest BCUT2D eigenvalue weighted by molar-refractivity contribution is 7.82. The largest absolute Gasteiger partial charge is 0.376 e. The molecule has 1 aromatic rings. The highest BCUT2D eigenvalue weighted by atomic mass is 32.2. The summed E-state index contributed by atoms with van der Waals surface area (Å²) < 4.78 is 26.6. The molecule has 0 radical (unpaired) electrons. The SMILES string of the molecule is CC.CCCN(CCC)CC(c1ccccc1)N(C)C(=O)CNC(/C=C\F)=C/C=C/CNS(C)=O. The maximum absolute atomic E-state index is 13.1. The van der Waals surface area contributed by atoms with Crippen LogP contribution in [0.5, 0.6) is 0 Å². The van der Waals surface area contributed by atoms with Crippen molar-refractivity contribution in [1.82, 2.24) is 19.8 Å². The number of rotatable bonds is 16. The quantitative estimate of drug-likeness (QED) is 0.317. The Kier molecular flexibility index (Phi) is 19.7. The molecule has 6 nitrogen and oxygen atoms in total. The molecule has 0 fully saturated rings. The number of hydrogen-bond donors (Lipinski definition) is 2. The summed E-state index contributed by atoms with van der Waals surface area (Å²) in [6.07, 6.45) is 10.5. The second kappa shape index (κ2) is 21.0. The zero-order valence-corrected chi connectivity index (χ0v) is 23.1. The molecule has 1 aromatic carbocycles. The number of halogens is 1. The van der Waals surface area contributed by atoms with Gasteiger partial charge in [0.15, 0.2) is 0 Å². The van der Waals surface area contributed by atoms with Gasteiger partial charge in [0.05, 0.1) is 29.9 Å². The molecule has 0 aliphatic heterocycles. The Morgan fingerprint density at radius 3 is 2.31 bits per heavy atom. The predicted octanol–water partition coefficient (Wildman–Crippen LogP) is 4.73. The zero-order valence-electron chi connectivity index (χ0n) is 22.3. The maximum Gasteiger partial charge on any atom is 0.242 e. The number of nitrogens with zero attached hydrogens (tertiary/aromatic N) is 2. The standard InChI is InChI=1S/C25H39FN4O2S.C2H6/c1-5-18-30(19-6-2)21-24(22-12-8-7-9-13-22)29(3)25(31)20-27-23(15-16-26)14-10-11-17-28-33(4)32;1-2/h7-16,24,27-28H,5-6,17-21H2,1-4H3;1-2H3/b11-10+,16-15-,23-14+;. The van der Waals surface area contributed by atoms with E-state index >= 15 is 0 Å². The summed E-state index contributed by atoms with van der Waals surface area (Å²) in [5.74, 6) is -0.0815. The number of amides is 1. The molecule has 0 spiro atoms. The second-order valence-corrected chi connectivity index (χ2v) is 8.93. The van der Waals surface area contributed by atoms with E-state index in [-0.39, 0.29) is 18.5 Å². The molecule has 198 valence electrons. The second-order valence-electron chi connectivity index (χ2n) is 7.73. The van der Waals surface area contributed by atoms with Crippen LogP contribution in [0.1, 0.15) is 52.1 Å². The maximum atomic E-state index is 13.1. The van der Waals surface area contributed by atoms with Crippen LogP contribution in [0.3, 0.4) is 0 Å². The van der Waals surface area contributed by atoms with E-state index in [0.29, 0.717) is 18.6 Å². The molecule has 0 aliphatic rings. The topological polar surface area (TPSA) is 64.7 Å². The molecule has 35 heavy (non-hydrogen) atoms. The number of carbonyl (C=O) groups is 1. The summed E-state index contributed by atoms with van der Waals surface area (Å²) in [7, 11) is 0.731. The Balaban J connectivity index is 0.00000562. The lowest BCUT2D eigenvalue weighted by Gasteiger charge is -2.34. The third kappa shape index (κ3) is 14.7. The van der Waals surface area contributed by atoms with Gasteiger partial charge in [0.25, 0.3) is 0 Å². The first kappa shape index (κ1) is 32.7. The van der Waals surface area contributed by atoms with Crippen molar-refractivity contribution in [1.29, 1.82) is 0 Å². The van der Waals surface area contributed by atoms with Crippen LogP contribution in [0.4, 0.5) is 4.39 Å². The van der Waals surface area contributed by atoms with Gasteiger partial charge < -0.3 is 15.1 Å². The van der Waals surface area contributed by atoms with Crippen LogP contribution in [0, 0.1) is 0 Å². The van der Waals surface area contributed by atoms with E-state index in [9.17, 15) is 13.4 Å². The highest BCUT2D eigenvalue weighted by Gasteiger charge is 2.23. The Bertz CT molecular complexity index is 794. The van der Waals surface area contributed by atoms with Crippen LogP contribution >= 0.6 is 0 Å². The van der Waals surface area contributed by atoms with Gasteiger partial charge in [-0.05, 0) is 43.6 Å². The number of hydrogen-bond acceptors (Lipinski definition) is 4. The first-order chi connectivity index (χ1) is 16.9. The monoisotopic (exact) mass is 508 g/mol. The van der Waals surface area contributed by atoms with E-state index < -0.39 is 11.0 Å². The fraction of sp³-hybridized carbons (Fsp3) is 0.519. The fourth-order valence-electron chi connectivity index (χ4n) is 3.42. The molecule has 2 unspecified atom stereocenters. The smallest absolute Gasteiger partial charge is 0.242 e. The molecule has 1 amide bonds. The van der Waals surface area contributed by atoms with Crippen molar-refractivity contribution in [2.24, 2.45) is 0 Å². The molecule has 2 N–H and O–H groups in total. The normalized spacial score (nSPS) is 13.5. The van der Waals surface area contributed by atoms with Gasteiger partial charge in [0, 0.05) is 32.1 Å². The molecule has 8 heteroatoms. The van der Waals surface area contributed by atoms with E-state index in [2.05, 4.69) is 40.9 Å². The minimum Gasteiger partial charge on any atom is -0.376 e. The number of benzene rings is 1. The first-order valence-electron chi connectivity index (χ1n) is 12.4. The fourth-order valence-corrected chi connectivity index (χ4v) is 3.75. The Morgan fingerprint density at radius 1 is 1.14 bits per heavy atom. The van der Waals surface area contributed by atoms with Crippen molar-refractivity contribution in [2.75, 3.05) is 46.0 Å². The van der Waals surface area contributed by atoms with Crippen LogP contribution in [-0.4, -0.2) is 65.9 Å². The highest BCUT2D eigenvalue weighted by Crippen LogP contribution is 2.21. The minimum absolute atomic E-state index is 0.0443. The summed E-state index contributed by atoms with van der Waals surface area (Å²) in [5, 5.41) is 3.01. The minimum atomic E-state index is -1.09. The van der Waals surface area contributed by atoms with Crippen molar-refractivity contribution in [3.05, 3.63) is 72.2 Å². The van der Waals surface area contributed by atoms with Gasteiger partial charge in [-0.15, -0.1) is 0 Å². The molecule has 0 saturated carbocycles. The molecule has 1 rings (SSSR count). The first-order valence-corrected chi connectivity index (χ1v) is 14.0. The van der Waals surface area contributed by atoms with E-state index in [1.807, 2.05) is 39.1 Å². The van der Waals surface area contributed by atoms with Gasteiger partial charge in [-0.1, -0.05) is 70.2 Å². The van der Waals surface area contributed by atoms with Crippen LogP contribution < -0.4 is 10.0 Å². The van der Waals surface area contributed by atoms with Gasteiger partial charge in [-0.2, -0.15) is 0 Å². The van der Waals surface area contributed by atoms with Gasteiger partial charge >= 0.3 is 0 Å². The summed E-state index contributed by atoms with van der Waals surface area (Å²) in [5.41, 5.74) is 1.57. The van der Waals surface area contributed by atoms with Gasteiger partial charge in [0.1, 0.15) is 0 Å². The lowest BCUT2D eigenvalue weighted by atomic mass is 10.0. The number of likely N-dealkylation sites (N-methyl/N-ethyl adjacent to an activating group) is 1. The molecular formula is C27H45FN4O2S. The van der Waals surface area contributed by atoms with E-state index in [1.54, 1.807) is 29.4 Å². The van der Waals surface area contributed by atoms with Crippen LogP contribution in [-0.2, 0) is 15.8 Å². The number of carbonyl (C=O) groups excluding carboxylic acids is 1. The lowest BCUT2D eigenvalue weighted by Crippen LogP contribution is -2.43. The van der Waals surface area contributed by atoms with Crippen molar-refractivity contribution >= 4 is 16.9 Å². The van der Waals surface area contributed by atoms with Crippen molar-refractivity contribution in [3.8, 4) is 0 Å². The third-order valence-electron chi connectivity index (χ3n) is 5.06. The van der Waals surface area contributed by atoms with E-state index in [0.717, 1.165) is 38.0 Å². The van der Waals surface area contributed by atoms with E-state index in [1.165, 1.54) is 6.08 Å². The van der Waals surface area contributed by atoms with Gasteiger partial charge in [0.2, 0.25) is 5.91 Å². The molecule has 0 aromatic heterocycles. The molecule has 0 heterocycles. The number of allylic oxidation sites excluding steroid dienone is 3. The summed E-state index contributed by atoms with van der Waals surface area (Å²) in [6, 6.07) is 9.98. The van der Waals surface area contributed by atoms with Crippen LogP contribution in [0.2, 0.25) is 0 Å². The Morgan fingerprint density at radius 2 is 1.77 bits per heavy atom. The molecule has 0 aliphatic carbocycles. The summed E-state index contributed by atoms with van der Waals surface area (Å²) in [6.45, 7) is 11.5. The van der Waals surface area contributed by atoms with Crippen molar-refractivity contribution in [3.63, 3.8) is 0 Å². The average molecular weight is 509 g/mol. The zero-order chi connectivity index (χ0) is 26.5. The van der Waals surface area contributed by atoms with Gasteiger partial charge in [-0.3, -0.25) is 4.79 Å². The van der Waals surface area contributed by atoms with Crippen molar-refractivity contribution in [2.45, 2.75) is 46.6 Å². The predicted molar refractivity (Wildman–Crippen MR) is 148 cm³/mol. The number of nitrogens with one attached hydrogen (secondary N) is 2. The van der Waals surface area contributed by atoms with Crippen LogP contribution in [0.25, 0.3) is 0 Å². The molecule has 0 saturated heterocycles. The van der Waals surface area contributed by atoms with Gasteiger partial charge in [-0.25, -0.2) is 13.3 Å². The summed E-state index contributed by atoms with van der Waals surface area (Å²) in [4.78, 5) is 17.2. The molecule has 2 atom stereocenters. The molecular weight excluding hydrogens is 463 g/mol. The summed E-state index contributed by atoms with van der Waals surface area (Å²) >= 11 is 0. The Labute approximate surface area is 214 Å². The average Bonchev–Trinajstić information content (AvgIpc) is 2.86. The third-order valence-corrected chi connectivity index (χ3v) is 5.63. The van der Waals surface area contributed by atoms with Crippen LogP contribution in [0.15, 0.2) is 66.7 Å². The lowest BCUT2D eigenvalue weighted by molar-refractivity contribution is -0.131. The van der Waals surface area contributed by atoms with E-state index in [4.69, 9.17) is 0 Å². The van der Waals surface area contributed by atoms with Crippen molar-refractivity contribution < 1.29 is 13.4 Å².